The van der Waals surface area contributed by atoms with Gasteiger partial charge in [-0.15, -0.1) is 5.10 Å². The number of allylic oxidation sites excluding steroid dienone is 1. The minimum Gasteiger partial charge on any atom is -0.372 e. The van der Waals surface area contributed by atoms with Crippen molar-refractivity contribution in [2.24, 2.45) is 5.73 Å². The van der Waals surface area contributed by atoms with Crippen molar-refractivity contribution >= 4 is 17.5 Å². The molecule has 3 N–H and O–H groups in total. The van der Waals surface area contributed by atoms with Crippen LogP contribution in [0.2, 0.25) is 0 Å². The van der Waals surface area contributed by atoms with Gasteiger partial charge in [-0.3, -0.25) is 4.79 Å². The lowest BCUT2D eigenvalue weighted by atomic mass is 9.94. The molecule has 0 spiro atoms. The molecular formula is C24H28N6O. The SMILES string of the molecule is CCN(CC)c1ccc(-c2nc3n(n2)C(c2cccc(C)c2)C(C(N)=O)=C(C)N3)cc1. The number of amides is 1. The Labute approximate surface area is 182 Å². The molecule has 2 heterocycles. The second-order valence-corrected chi connectivity index (χ2v) is 7.77. The third kappa shape index (κ3) is 3.79. The van der Waals surface area contributed by atoms with Gasteiger partial charge >= 0.3 is 0 Å². The van der Waals surface area contributed by atoms with Crippen molar-refractivity contribution in [2.45, 2.75) is 33.7 Å². The fourth-order valence-electron chi connectivity index (χ4n) is 4.15. The van der Waals surface area contributed by atoms with E-state index in [2.05, 4.69) is 42.3 Å². The predicted octanol–water partition coefficient (Wildman–Crippen LogP) is 3.87. The zero-order valence-corrected chi connectivity index (χ0v) is 18.4. The monoisotopic (exact) mass is 416 g/mol. The number of fused-ring (bicyclic) bond motifs is 1. The fourth-order valence-corrected chi connectivity index (χ4v) is 4.15. The molecule has 0 saturated carbocycles. The van der Waals surface area contributed by atoms with Crippen molar-refractivity contribution in [3.05, 3.63) is 70.9 Å². The molecule has 2 aromatic carbocycles. The maximum Gasteiger partial charge on any atom is 0.248 e. The van der Waals surface area contributed by atoms with Crippen LogP contribution < -0.4 is 16.0 Å². The van der Waals surface area contributed by atoms with Gasteiger partial charge in [-0.1, -0.05) is 29.8 Å². The van der Waals surface area contributed by atoms with Crippen molar-refractivity contribution in [3.63, 3.8) is 0 Å². The summed E-state index contributed by atoms with van der Waals surface area (Å²) in [6.45, 7) is 10.1. The molecule has 0 radical (unpaired) electrons. The van der Waals surface area contributed by atoms with Crippen LogP contribution in [0.3, 0.4) is 0 Å². The number of hydrogen-bond donors (Lipinski definition) is 2. The molecule has 0 bridgehead atoms. The van der Waals surface area contributed by atoms with Gasteiger partial charge < -0.3 is 16.0 Å². The van der Waals surface area contributed by atoms with Crippen LogP contribution in [-0.4, -0.2) is 33.8 Å². The number of primary amides is 1. The lowest BCUT2D eigenvalue weighted by Gasteiger charge is -2.27. The minimum absolute atomic E-state index is 0.426. The van der Waals surface area contributed by atoms with E-state index in [0.29, 0.717) is 23.0 Å². The smallest absolute Gasteiger partial charge is 0.248 e. The first-order chi connectivity index (χ1) is 14.9. The molecule has 7 heteroatoms. The third-order valence-electron chi connectivity index (χ3n) is 5.73. The molecule has 7 nitrogen and oxygen atoms in total. The summed E-state index contributed by atoms with van der Waals surface area (Å²) in [5.41, 5.74) is 11.1. The van der Waals surface area contributed by atoms with Gasteiger partial charge in [0, 0.05) is 30.0 Å². The highest BCUT2D eigenvalue weighted by molar-refractivity contribution is 5.95. The highest BCUT2D eigenvalue weighted by Crippen LogP contribution is 2.36. The molecule has 1 aliphatic heterocycles. The largest absolute Gasteiger partial charge is 0.372 e. The maximum absolute atomic E-state index is 12.3. The Balaban J connectivity index is 1.77. The maximum atomic E-state index is 12.3. The summed E-state index contributed by atoms with van der Waals surface area (Å²) in [6.07, 6.45) is 0. The topological polar surface area (TPSA) is 89.1 Å². The van der Waals surface area contributed by atoms with E-state index in [9.17, 15) is 4.79 Å². The molecule has 1 aromatic heterocycles. The van der Waals surface area contributed by atoms with Crippen LogP contribution in [0.1, 0.15) is 37.9 Å². The van der Waals surface area contributed by atoms with Crippen LogP contribution in [-0.2, 0) is 4.79 Å². The van der Waals surface area contributed by atoms with E-state index in [4.69, 9.17) is 15.8 Å². The van der Waals surface area contributed by atoms with Crippen LogP contribution in [0.5, 0.6) is 0 Å². The number of benzene rings is 2. The summed E-state index contributed by atoms with van der Waals surface area (Å²) < 4.78 is 1.76. The second-order valence-electron chi connectivity index (χ2n) is 7.77. The zero-order valence-electron chi connectivity index (χ0n) is 18.4. The van der Waals surface area contributed by atoms with Crippen LogP contribution in [0.25, 0.3) is 11.4 Å². The van der Waals surface area contributed by atoms with Crippen LogP contribution in [0, 0.1) is 6.92 Å². The average molecular weight is 417 g/mol. The first-order valence-electron chi connectivity index (χ1n) is 10.6. The van der Waals surface area contributed by atoms with E-state index >= 15 is 0 Å². The Bertz CT molecular complexity index is 1140. The van der Waals surface area contributed by atoms with Crippen molar-refractivity contribution < 1.29 is 4.79 Å². The van der Waals surface area contributed by atoms with E-state index in [0.717, 1.165) is 29.8 Å². The molecule has 3 aromatic rings. The molecule has 1 unspecified atom stereocenters. The summed E-state index contributed by atoms with van der Waals surface area (Å²) in [7, 11) is 0. The van der Waals surface area contributed by atoms with Gasteiger partial charge in [0.05, 0.1) is 5.57 Å². The highest BCUT2D eigenvalue weighted by atomic mass is 16.1. The number of carbonyl (C=O) groups excluding carboxylic acids is 1. The molecule has 0 aliphatic carbocycles. The van der Waals surface area contributed by atoms with Gasteiger partial charge in [-0.05, 0) is 57.5 Å². The molecule has 0 saturated heterocycles. The van der Waals surface area contributed by atoms with E-state index in [1.54, 1.807) is 4.68 Å². The summed E-state index contributed by atoms with van der Waals surface area (Å²) in [6, 6.07) is 15.9. The number of carbonyl (C=O) groups is 1. The Morgan fingerprint density at radius 3 is 2.45 bits per heavy atom. The number of hydrogen-bond acceptors (Lipinski definition) is 5. The predicted molar refractivity (Wildman–Crippen MR) is 124 cm³/mol. The lowest BCUT2D eigenvalue weighted by molar-refractivity contribution is -0.115. The summed E-state index contributed by atoms with van der Waals surface area (Å²) in [5, 5.41) is 7.98. The Morgan fingerprint density at radius 1 is 1.13 bits per heavy atom. The number of aromatic nitrogens is 3. The molecule has 1 atom stereocenters. The number of nitrogens with two attached hydrogens (primary N) is 1. The van der Waals surface area contributed by atoms with Gasteiger partial charge in [0.15, 0.2) is 5.82 Å². The first kappa shape index (κ1) is 20.7. The molecule has 4 rings (SSSR count). The third-order valence-corrected chi connectivity index (χ3v) is 5.73. The number of rotatable bonds is 6. The Kier molecular flexibility index (Phi) is 5.50. The van der Waals surface area contributed by atoms with E-state index in [-0.39, 0.29) is 0 Å². The number of nitrogens with one attached hydrogen (secondary N) is 1. The number of aryl methyl sites for hydroxylation is 1. The van der Waals surface area contributed by atoms with Gasteiger partial charge in [0.25, 0.3) is 0 Å². The van der Waals surface area contributed by atoms with Crippen LogP contribution in [0.4, 0.5) is 11.6 Å². The van der Waals surface area contributed by atoms with Gasteiger partial charge in [-0.2, -0.15) is 4.98 Å². The Hall–Kier alpha value is -3.61. The zero-order chi connectivity index (χ0) is 22.1. The molecule has 0 fully saturated rings. The molecule has 1 aliphatic rings. The molecule has 31 heavy (non-hydrogen) atoms. The standard InChI is InChI=1S/C24H28N6O/c1-5-29(6-2)19-12-10-17(11-13-19)23-27-24-26-16(4)20(22(25)31)21(30(24)28-23)18-9-7-8-15(3)14-18/h7-14,21H,5-6H2,1-4H3,(H2,25,31)(H,26,27,28). The summed E-state index contributed by atoms with van der Waals surface area (Å²) >= 11 is 0. The summed E-state index contributed by atoms with van der Waals surface area (Å²) in [5.74, 6) is 0.726. The molecule has 1 amide bonds. The van der Waals surface area contributed by atoms with Crippen molar-refractivity contribution in [3.8, 4) is 11.4 Å². The van der Waals surface area contributed by atoms with Gasteiger partial charge in [0.1, 0.15) is 6.04 Å². The van der Waals surface area contributed by atoms with Gasteiger partial charge in [-0.25, -0.2) is 4.68 Å². The number of anilines is 2. The van der Waals surface area contributed by atoms with E-state index in [1.165, 1.54) is 5.69 Å². The van der Waals surface area contributed by atoms with E-state index in [1.807, 2.05) is 44.2 Å². The highest BCUT2D eigenvalue weighted by Gasteiger charge is 2.33. The normalized spacial score (nSPS) is 15.4. The first-order valence-corrected chi connectivity index (χ1v) is 10.6. The average Bonchev–Trinajstić information content (AvgIpc) is 3.17. The Morgan fingerprint density at radius 2 is 1.84 bits per heavy atom. The fraction of sp³-hybridized carbons (Fsp3) is 0.292. The van der Waals surface area contributed by atoms with Crippen molar-refractivity contribution in [1.82, 2.24) is 14.8 Å². The lowest BCUT2D eigenvalue weighted by Crippen LogP contribution is -2.31. The molecular weight excluding hydrogens is 388 g/mol. The quantitative estimate of drug-likeness (QED) is 0.637. The van der Waals surface area contributed by atoms with Crippen LogP contribution >= 0.6 is 0 Å². The van der Waals surface area contributed by atoms with Crippen LogP contribution in [0.15, 0.2) is 59.8 Å². The van der Waals surface area contributed by atoms with Crippen molar-refractivity contribution in [2.75, 3.05) is 23.3 Å². The van der Waals surface area contributed by atoms with E-state index < -0.39 is 11.9 Å². The van der Waals surface area contributed by atoms with Crippen molar-refractivity contribution in [1.29, 1.82) is 0 Å². The molecule has 160 valence electrons. The second kappa shape index (κ2) is 8.26. The van der Waals surface area contributed by atoms with Gasteiger partial charge in [0.2, 0.25) is 11.9 Å². The minimum atomic E-state index is -0.470. The summed E-state index contributed by atoms with van der Waals surface area (Å²) in [4.78, 5) is 19.3. The number of nitrogens with zero attached hydrogens (tertiary/aromatic N) is 4.